The summed E-state index contributed by atoms with van der Waals surface area (Å²) in [5.74, 6) is -1.16. The molecule has 0 unspecified atom stereocenters. The highest BCUT2D eigenvalue weighted by Crippen LogP contribution is 2.52. The van der Waals surface area contributed by atoms with Crippen LogP contribution in [0.2, 0.25) is 0 Å². The maximum Gasteiger partial charge on any atom is 0.442 e. The van der Waals surface area contributed by atoms with Gasteiger partial charge in [-0.2, -0.15) is 13.2 Å². The minimum atomic E-state index is -4.56. The largest absolute Gasteiger partial charge is 0.480 e. The average molecular weight is 273 g/mol. The lowest BCUT2D eigenvalue weighted by atomic mass is 9.99. The molecule has 1 aromatic rings. The van der Waals surface area contributed by atoms with Crippen LogP contribution in [0.25, 0.3) is 0 Å². The van der Waals surface area contributed by atoms with Gasteiger partial charge in [0.1, 0.15) is 6.04 Å². The van der Waals surface area contributed by atoms with Gasteiger partial charge in [0.05, 0.1) is 0 Å². The predicted molar refractivity (Wildman–Crippen MR) is 58.3 cm³/mol. The van der Waals surface area contributed by atoms with E-state index < -0.39 is 23.9 Å². The van der Waals surface area contributed by atoms with Crippen molar-refractivity contribution in [3.8, 4) is 0 Å². The quantitative estimate of drug-likeness (QED) is 0.877. The molecule has 0 aliphatic carbocycles. The number of halogens is 3. The lowest BCUT2D eigenvalue weighted by molar-refractivity contribution is -0.166. The molecular weight excluding hydrogens is 263 g/mol. The molecule has 0 saturated carbocycles. The molecule has 1 aliphatic heterocycles. The first-order valence-corrected chi connectivity index (χ1v) is 5.35. The maximum absolute atomic E-state index is 12.7. The summed E-state index contributed by atoms with van der Waals surface area (Å²) in [6.45, 7) is 0. The first-order chi connectivity index (χ1) is 8.76. The van der Waals surface area contributed by atoms with Crippen LogP contribution in [0.3, 0.4) is 0 Å². The molecule has 102 valence electrons. The third kappa shape index (κ3) is 2.43. The second-order valence-corrected chi connectivity index (χ2v) is 4.22. The van der Waals surface area contributed by atoms with E-state index in [9.17, 15) is 18.0 Å². The molecule has 1 heterocycles. The molecule has 8 heteroatoms. The third-order valence-corrected chi connectivity index (χ3v) is 2.82. The van der Waals surface area contributed by atoms with E-state index >= 15 is 0 Å². The molecule has 3 N–H and O–H groups in total. The fourth-order valence-electron chi connectivity index (χ4n) is 1.66. The summed E-state index contributed by atoms with van der Waals surface area (Å²) in [4.78, 5) is 10.6. The fourth-order valence-corrected chi connectivity index (χ4v) is 1.66. The molecule has 19 heavy (non-hydrogen) atoms. The lowest BCUT2D eigenvalue weighted by Gasteiger charge is -2.15. The van der Waals surface area contributed by atoms with Crippen LogP contribution in [0.4, 0.5) is 13.2 Å². The van der Waals surface area contributed by atoms with Crippen molar-refractivity contribution in [2.75, 3.05) is 0 Å². The molecular formula is C11H10F3N3O2. The normalized spacial score (nSPS) is 18.1. The summed E-state index contributed by atoms with van der Waals surface area (Å²) in [5.41, 5.74) is 3.34. The number of carboxylic acid groups (broad SMARTS) is 1. The van der Waals surface area contributed by atoms with Gasteiger partial charge in [0.25, 0.3) is 0 Å². The first kappa shape index (κ1) is 13.5. The van der Waals surface area contributed by atoms with Gasteiger partial charge < -0.3 is 10.8 Å². The van der Waals surface area contributed by atoms with E-state index in [1.165, 1.54) is 24.3 Å². The smallest absolute Gasteiger partial charge is 0.442 e. The molecule has 0 bridgehead atoms. The molecule has 0 amide bonds. The number of benzene rings is 1. The number of hydrogen-bond donors (Lipinski definition) is 2. The van der Waals surface area contributed by atoms with E-state index in [4.69, 9.17) is 10.8 Å². The topological polar surface area (TPSA) is 88.0 Å². The average Bonchev–Trinajstić information content (AvgIpc) is 3.10. The number of carboxylic acids is 1. The molecule has 0 saturated heterocycles. The van der Waals surface area contributed by atoms with E-state index in [1.807, 2.05) is 0 Å². The van der Waals surface area contributed by atoms with Crippen LogP contribution in [0.5, 0.6) is 0 Å². The molecule has 0 spiro atoms. The van der Waals surface area contributed by atoms with Crippen LogP contribution in [0.1, 0.15) is 11.1 Å². The van der Waals surface area contributed by atoms with Crippen LogP contribution in [-0.4, -0.2) is 23.3 Å². The highest BCUT2D eigenvalue weighted by Gasteiger charge is 2.65. The zero-order valence-electron chi connectivity index (χ0n) is 9.55. The van der Waals surface area contributed by atoms with E-state index in [0.29, 0.717) is 5.56 Å². The molecule has 0 radical (unpaired) electrons. The van der Waals surface area contributed by atoms with Crippen molar-refractivity contribution in [1.82, 2.24) is 0 Å². The van der Waals surface area contributed by atoms with Gasteiger partial charge in [0, 0.05) is 5.56 Å². The number of hydrogen-bond acceptors (Lipinski definition) is 4. The summed E-state index contributed by atoms with van der Waals surface area (Å²) in [6.07, 6.45) is -4.52. The van der Waals surface area contributed by atoms with Gasteiger partial charge in [-0.1, -0.05) is 24.3 Å². The highest BCUT2D eigenvalue weighted by molar-refractivity contribution is 5.73. The molecule has 1 aliphatic rings. The highest BCUT2D eigenvalue weighted by atomic mass is 19.4. The SMILES string of the molecule is N[C@@H](Cc1ccc(C2(C(F)(F)F)N=N2)cc1)C(=O)O. The standard InChI is InChI=1S/C11H10F3N3O2/c12-11(13,14)10(16-17-10)7-3-1-6(2-4-7)5-8(15)9(18)19/h1-4,8H,5,15H2,(H,18,19)/t8-/m0/s1. The summed E-state index contributed by atoms with van der Waals surface area (Å²) in [7, 11) is 0. The molecule has 0 fully saturated rings. The summed E-state index contributed by atoms with van der Waals surface area (Å²) < 4.78 is 38.1. The molecule has 0 aromatic heterocycles. The van der Waals surface area contributed by atoms with Gasteiger partial charge in [-0.25, -0.2) is 0 Å². The van der Waals surface area contributed by atoms with Crippen molar-refractivity contribution in [3.63, 3.8) is 0 Å². The molecule has 1 aromatic carbocycles. The monoisotopic (exact) mass is 273 g/mol. The molecule has 5 nitrogen and oxygen atoms in total. The van der Waals surface area contributed by atoms with Gasteiger partial charge in [-0.05, 0) is 12.0 Å². The van der Waals surface area contributed by atoms with Gasteiger partial charge in [-0.3, -0.25) is 4.79 Å². The zero-order valence-corrected chi connectivity index (χ0v) is 9.55. The Morgan fingerprint density at radius 3 is 2.21 bits per heavy atom. The Labute approximate surface area is 105 Å². The second kappa shape index (κ2) is 4.30. The predicted octanol–water partition coefficient (Wildman–Crippen LogP) is 1.82. The van der Waals surface area contributed by atoms with Crippen molar-refractivity contribution in [2.24, 2.45) is 16.0 Å². The minimum absolute atomic E-state index is 0.0446. The van der Waals surface area contributed by atoms with E-state index in [-0.39, 0.29) is 12.0 Å². The first-order valence-electron chi connectivity index (χ1n) is 5.35. The minimum Gasteiger partial charge on any atom is -0.480 e. The lowest BCUT2D eigenvalue weighted by Crippen LogP contribution is -2.32. The summed E-state index contributed by atoms with van der Waals surface area (Å²) in [5, 5.41) is 14.8. The number of rotatable bonds is 4. The Bertz CT molecular complexity index is 519. The van der Waals surface area contributed by atoms with Crippen molar-refractivity contribution in [2.45, 2.75) is 24.3 Å². The van der Waals surface area contributed by atoms with Crippen LogP contribution >= 0.6 is 0 Å². The molecule has 1 atom stereocenters. The number of alkyl halides is 3. The summed E-state index contributed by atoms with van der Waals surface area (Å²) >= 11 is 0. The van der Waals surface area contributed by atoms with Gasteiger partial charge in [0.15, 0.2) is 0 Å². The van der Waals surface area contributed by atoms with Gasteiger partial charge >= 0.3 is 17.8 Å². The second-order valence-electron chi connectivity index (χ2n) is 4.22. The third-order valence-electron chi connectivity index (χ3n) is 2.82. The number of nitrogens with zero attached hydrogens (tertiary/aromatic N) is 2. The number of carbonyl (C=O) groups is 1. The van der Waals surface area contributed by atoms with Crippen molar-refractivity contribution in [1.29, 1.82) is 0 Å². The van der Waals surface area contributed by atoms with Gasteiger partial charge in [0.2, 0.25) is 0 Å². The van der Waals surface area contributed by atoms with Crippen LogP contribution in [0, 0.1) is 0 Å². The van der Waals surface area contributed by atoms with E-state index in [1.54, 1.807) is 0 Å². The Morgan fingerprint density at radius 1 is 1.32 bits per heavy atom. The zero-order chi connectivity index (χ0) is 14.3. The fraction of sp³-hybridized carbons (Fsp3) is 0.364. The van der Waals surface area contributed by atoms with Crippen LogP contribution in [-0.2, 0) is 16.9 Å². The van der Waals surface area contributed by atoms with Crippen molar-refractivity contribution < 1.29 is 23.1 Å². The van der Waals surface area contributed by atoms with Crippen LogP contribution in [0.15, 0.2) is 34.5 Å². The Balaban J connectivity index is 2.14. The maximum atomic E-state index is 12.7. The van der Waals surface area contributed by atoms with Gasteiger partial charge in [-0.15, -0.1) is 10.2 Å². The van der Waals surface area contributed by atoms with Crippen molar-refractivity contribution >= 4 is 5.97 Å². The van der Waals surface area contributed by atoms with Crippen molar-refractivity contribution in [3.05, 3.63) is 35.4 Å². The van der Waals surface area contributed by atoms with E-state index in [0.717, 1.165) is 0 Å². The van der Waals surface area contributed by atoms with Crippen LogP contribution < -0.4 is 5.73 Å². The number of nitrogens with two attached hydrogens (primary N) is 1. The Morgan fingerprint density at radius 2 is 1.84 bits per heavy atom. The number of aliphatic carboxylic acids is 1. The Kier molecular flexibility index (Phi) is 3.05. The Hall–Kier alpha value is -1.96. The summed E-state index contributed by atoms with van der Waals surface area (Å²) in [6, 6.07) is 4.18. The van der Waals surface area contributed by atoms with E-state index in [2.05, 4.69) is 10.2 Å². The molecule has 2 rings (SSSR count).